The minimum absolute atomic E-state index is 0.0135. The molecule has 1 fully saturated rings. The van der Waals surface area contributed by atoms with E-state index in [1.807, 2.05) is 0 Å². The average Bonchev–Trinajstić information content (AvgIpc) is 2.94. The molecule has 10 nitrogen and oxygen atoms in total. The molecule has 2 aromatic rings. The summed E-state index contributed by atoms with van der Waals surface area (Å²) in [5.41, 5.74) is 0.245. The van der Waals surface area contributed by atoms with Gasteiger partial charge in [0, 0.05) is 19.4 Å². The van der Waals surface area contributed by atoms with Crippen LogP contribution in [0.25, 0.3) is 0 Å². The van der Waals surface area contributed by atoms with E-state index in [0.29, 0.717) is 48.8 Å². The van der Waals surface area contributed by atoms with E-state index in [1.165, 1.54) is 10.9 Å². The second-order valence-corrected chi connectivity index (χ2v) is 7.10. The van der Waals surface area contributed by atoms with E-state index in [2.05, 4.69) is 20.4 Å². The van der Waals surface area contributed by atoms with Gasteiger partial charge in [0.15, 0.2) is 0 Å². The van der Waals surface area contributed by atoms with Gasteiger partial charge in [-0.2, -0.15) is 4.98 Å². The Morgan fingerprint density at radius 2 is 2.14 bits per heavy atom. The van der Waals surface area contributed by atoms with Crippen molar-refractivity contribution in [3.05, 3.63) is 32.3 Å². The lowest BCUT2D eigenvalue weighted by Gasteiger charge is -2.24. The molecule has 2 heterocycles. The van der Waals surface area contributed by atoms with E-state index in [4.69, 9.17) is 27.9 Å². The van der Waals surface area contributed by atoms with Gasteiger partial charge in [-0.1, -0.05) is 11.6 Å². The molecule has 1 aliphatic carbocycles. The Morgan fingerprint density at radius 3 is 2.82 bits per heavy atom. The second-order valence-electron chi connectivity index (χ2n) is 6.36. The Morgan fingerprint density at radius 1 is 1.39 bits per heavy atom. The predicted octanol–water partition coefficient (Wildman–Crippen LogP) is 3.37. The highest BCUT2D eigenvalue weighted by Crippen LogP contribution is 2.36. The predicted molar refractivity (Wildman–Crippen MR) is 102 cm³/mol. The molecule has 0 aromatic carbocycles. The molecule has 12 heteroatoms. The fourth-order valence-electron chi connectivity index (χ4n) is 2.86. The summed E-state index contributed by atoms with van der Waals surface area (Å²) < 4.78 is 7.07. The first kappa shape index (κ1) is 20.3. The van der Waals surface area contributed by atoms with E-state index in [-0.39, 0.29) is 35.3 Å². The van der Waals surface area contributed by atoms with Gasteiger partial charge in [0.1, 0.15) is 22.3 Å². The van der Waals surface area contributed by atoms with Gasteiger partial charge in [-0.05, 0) is 31.4 Å². The van der Waals surface area contributed by atoms with Gasteiger partial charge in [-0.25, -0.2) is 4.98 Å². The number of anilines is 1. The Hall–Kier alpha value is -2.46. The summed E-state index contributed by atoms with van der Waals surface area (Å²) in [5, 5.41) is 19.1. The number of carbonyl (C=O) groups excluding carboxylic acids is 1. The lowest BCUT2D eigenvalue weighted by molar-refractivity contribution is -0.386. The van der Waals surface area contributed by atoms with Crippen LogP contribution in [-0.4, -0.2) is 43.6 Å². The molecule has 0 atom stereocenters. The van der Waals surface area contributed by atoms with Crippen molar-refractivity contribution in [2.45, 2.75) is 38.6 Å². The third kappa shape index (κ3) is 4.50. The van der Waals surface area contributed by atoms with Gasteiger partial charge >= 0.3 is 11.6 Å². The number of hydrogen-bond donors (Lipinski definition) is 1. The standard InChI is InChI=1S/C16H18Cl2N6O4/c1-9-13(24(26)27)15(22-23(9)10-6-11(25)7-10)28-5-3-2-4-19-14-12(17)8-20-16(18)21-14/h8,10H,2-7H2,1H3,(H,19,20,21). The topological polar surface area (TPSA) is 125 Å². The van der Waals surface area contributed by atoms with E-state index < -0.39 is 4.92 Å². The zero-order valence-electron chi connectivity index (χ0n) is 15.0. The number of ketones is 1. The zero-order valence-corrected chi connectivity index (χ0v) is 16.5. The summed E-state index contributed by atoms with van der Waals surface area (Å²) in [5.74, 6) is 0.561. The fourth-order valence-corrected chi connectivity index (χ4v) is 3.15. The molecular weight excluding hydrogens is 411 g/mol. The van der Waals surface area contributed by atoms with E-state index in [1.54, 1.807) is 6.92 Å². The van der Waals surface area contributed by atoms with Crippen LogP contribution in [0.15, 0.2) is 6.20 Å². The van der Waals surface area contributed by atoms with Crippen molar-refractivity contribution in [3.63, 3.8) is 0 Å². The van der Waals surface area contributed by atoms with Gasteiger partial charge < -0.3 is 10.1 Å². The number of rotatable bonds is 9. The maximum Gasteiger partial charge on any atom is 0.352 e. The molecule has 0 aliphatic heterocycles. The van der Waals surface area contributed by atoms with Crippen molar-refractivity contribution < 1.29 is 14.5 Å². The molecule has 2 aromatic heterocycles. The van der Waals surface area contributed by atoms with Crippen LogP contribution in [0.3, 0.4) is 0 Å². The number of carbonyl (C=O) groups is 1. The Kier molecular flexibility index (Phi) is 6.30. The highest BCUT2D eigenvalue weighted by Gasteiger charge is 2.35. The maximum absolute atomic E-state index is 11.4. The van der Waals surface area contributed by atoms with Gasteiger partial charge in [0.2, 0.25) is 5.28 Å². The second kappa shape index (κ2) is 8.70. The number of aromatic nitrogens is 4. The lowest BCUT2D eigenvalue weighted by atomic mass is 9.91. The van der Waals surface area contributed by atoms with Crippen LogP contribution in [0.5, 0.6) is 5.88 Å². The fraction of sp³-hybridized carbons (Fsp3) is 0.500. The molecule has 0 unspecified atom stereocenters. The molecule has 0 saturated heterocycles. The first-order valence-electron chi connectivity index (χ1n) is 8.66. The molecule has 150 valence electrons. The van der Waals surface area contributed by atoms with Gasteiger partial charge in [-0.3, -0.25) is 19.6 Å². The summed E-state index contributed by atoms with van der Waals surface area (Å²) in [6, 6.07) is -0.128. The number of halogens is 2. The summed E-state index contributed by atoms with van der Waals surface area (Å²) in [6.07, 6.45) is 3.45. The van der Waals surface area contributed by atoms with Crippen molar-refractivity contribution in [1.29, 1.82) is 0 Å². The largest absolute Gasteiger partial charge is 0.472 e. The Balaban J connectivity index is 1.50. The summed E-state index contributed by atoms with van der Waals surface area (Å²) >= 11 is 11.7. The maximum atomic E-state index is 11.4. The van der Waals surface area contributed by atoms with Gasteiger partial charge in [0.05, 0.1) is 23.8 Å². The van der Waals surface area contributed by atoms with Crippen molar-refractivity contribution in [2.75, 3.05) is 18.5 Å². The number of nitrogens with zero attached hydrogens (tertiary/aromatic N) is 5. The Bertz CT molecular complexity index is 895. The van der Waals surface area contributed by atoms with Crippen molar-refractivity contribution in [3.8, 4) is 5.88 Å². The van der Waals surface area contributed by atoms with Crippen molar-refractivity contribution in [2.24, 2.45) is 0 Å². The third-order valence-corrected chi connectivity index (χ3v) is 4.82. The number of Topliss-reactive ketones (excluding diaryl/α,β-unsaturated/α-hetero) is 1. The quantitative estimate of drug-likeness (QED) is 0.278. The molecule has 1 N–H and O–H groups in total. The highest BCUT2D eigenvalue weighted by molar-refractivity contribution is 6.33. The zero-order chi connectivity index (χ0) is 20.3. The van der Waals surface area contributed by atoms with Gasteiger partial charge in [0.25, 0.3) is 0 Å². The molecule has 0 bridgehead atoms. The van der Waals surface area contributed by atoms with Crippen LogP contribution < -0.4 is 10.1 Å². The summed E-state index contributed by atoms with van der Waals surface area (Å²) in [6.45, 7) is 2.44. The summed E-state index contributed by atoms with van der Waals surface area (Å²) in [4.78, 5) is 29.8. The van der Waals surface area contributed by atoms with Crippen molar-refractivity contribution >= 4 is 40.5 Å². The minimum Gasteiger partial charge on any atom is -0.472 e. The monoisotopic (exact) mass is 428 g/mol. The first-order valence-corrected chi connectivity index (χ1v) is 9.42. The van der Waals surface area contributed by atoms with E-state index in [9.17, 15) is 14.9 Å². The minimum atomic E-state index is -0.503. The molecular formula is C16H18Cl2N6O4. The molecule has 28 heavy (non-hydrogen) atoms. The van der Waals surface area contributed by atoms with Crippen LogP contribution in [0.4, 0.5) is 11.5 Å². The summed E-state index contributed by atoms with van der Waals surface area (Å²) in [7, 11) is 0. The SMILES string of the molecule is Cc1c([N+](=O)[O-])c(OCCCCNc2nc(Cl)ncc2Cl)nn1C1CC(=O)C1. The highest BCUT2D eigenvalue weighted by atomic mass is 35.5. The number of nitrogens with one attached hydrogen (secondary N) is 1. The first-order chi connectivity index (χ1) is 13.4. The normalized spacial score (nSPS) is 14.0. The van der Waals surface area contributed by atoms with Crippen LogP contribution >= 0.6 is 23.2 Å². The molecule has 1 aliphatic rings. The molecule has 1 saturated carbocycles. The lowest BCUT2D eigenvalue weighted by Crippen LogP contribution is -2.28. The number of hydrogen-bond acceptors (Lipinski definition) is 8. The number of nitro groups is 1. The van der Waals surface area contributed by atoms with Crippen molar-refractivity contribution in [1.82, 2.24) is 19.7 Å². The molecule has 0 spiro atoms. The van der Waals surface area contributed by atoms with Crippen LogP contribution in [0.2, 0.25) is 10.3 Å². The van der Waals surface area contributed by atoms with Crippen LogP contribution in [0.1, 0.15) is 37.4 Å². The van der Waals surface area contributed by atoms with E-state index >= 15 is 0 Å². The van der Waals surface area contributed by atoms with Gasteiger partial charge in [-0.15, -0.1) is 5.10 Å². The number of unbranched alkanes of at least 4 members (excludes halogenated alkanes) is 1. The molecule has 0 radical (unpaired) electrons. The number of ether oxygens (including phenoxy) is 1. The third-order valence-electron chi connectivity index (χ3n) is 4.36. The van der Waals surface area contributed by atoms with Crippen LogP contribution in [0, 0.1) is 17.0 Å². The smallest absolute Gasteiger partial charge is 0.352 e. The molecule has 0 amide bonds. The van der Waals surface area contributed by atoms with Crippen LogP contribution in [-0.2, 0) is 4.79 Å². The molecule has 3 rings (SSSR count). The van der Waals surface area contributed by atoms with E-state index in [0.717, 1.165) is 0 Å². The Labute approximate surface area is 170 Å². The average molecular weight is 429 g/mol.